The van der Waals surface area contributed by atoms with Gasteiger partial charge in [0.2, 0.25) is 5.91 Å². The standard InChI is InChI=1S/C24H13Cl5FN3O2/c25-13-6-12(7-14(26)8-13)20-21(24(20,28)29)23(35)32-15-2-4-17(27)19(9-15)33-22(34)16-3-1-11(10-31)5-18(16)30/h1-9,20-21H,(H,32,35)(H,33,34). The summed E-state index contributed by atoms with van der Waals surface area (Å²) in [5.41, 5.74) is 0.865. The molecule has 1 fully saturated rings. The number of hydrogen-bond acceptors (Lipinski definition) is 3. The zero-order chi connectivity index (χ0) is 25.5. The zero-order valence-electron chi connectivity index (χ0n) is 17.4. The van der Waals surface area contributed by atoms with Gasteiger partial charge in [-0.15, -0.1) is 23.2 Å². The van der Waals surface area contributed by atoms with Crippen molar-refractivity contribution in [1.29, 1.82) is 5.26 Å². The Labute approximate surface area is 224 Å². The number of nitrogens with zero attached hydrogens (tertiary/aromatic N) is 1. The molecule has 0 spiro atoms. The predicted octanol–water partition coefficient (Wildman–Crippen LogP) is 7.44. The van der Waals surface area contributed by atoms with Crippen molar-refractivity contribution in [2.45, 2.75) is 10.3 Å². The fourth-order valence-corrected chi connectivity index (χ4v) is 5.24. The van der Waals surface area contributed by atoms with Crippen LogP contribution in [-0.2, 0) is 4.79 Å². The number of amides is 2. The number of carbonyl (C=O) groups is 2. The molecule has 2 unspecified atom stereocenters. The molecule has 2 amide bonds. The molecule has 1 aliphatic rings. The lowest BCUT2D eigenvalue weighted by Crippen LogP contribution is -2.18. The Bertz CT molecular complexity index is 1390. The van der Waals surface area contributed by atoms with Gasteiger partial charge < -0.3 is 10.6 Å². The first-order valence-electron chi connectivity index (χ1n) is 9.96. The van der Waals surface area contributed by atoms with Gasteiger partial charge in [0.05, 0.1) is 33.8 Å². The monoisotopic (exact) mass is 569 g/mol. The quantitative estimate of drug-likeness (QED) is 0.313. The van der Waals surface area contributed by atoms with Crippen molar-refractivity contribution in [3.63, 3.8) is 0 Å². The lowest BCUT2D eigenvalue weighted by molar-refractivity contribution is -0.117. The maximum Gasteiger partial charge on any atom is 0.258 e. The van der Waals surface area contributed by atoms with E-state index in [2.05, 4.69) is 10.6 Å². The molecule has 2 atom stereocenters. The highest BCUT2D eigenvalue weighted by Gasteiger charge is 2.67. The number of anilines is 2. The lowest BCUT2D eigenvalue weighted by Gasteiger charge is -2.11. The molecule has 0 radical (unpaired) electrons. The number of hydrogen-bond donors (Lipinski definition) is 2. The van der Waals surface area contributed by atoms with Gasteiger partial charge in [0.1, 0.15) is 10.2 Å². The summed E-state index contributed by atoms with van der Waals surface area (Å²) in [7, 11) is 0. The average Bonchev–Trinajstić information content (AvgIpc) is 3.37. The molecule has 3 aromatic carbocycles. The Kier molecular flexibility index (Phi) is 7.19. The van der Waals surface area contributed by atoms with E-state index in [9.17, 15) is 14.0 Å². The Morgan fingerprint density at radius 2 is 1.63 bits per heavy atom. The third-order valence-electron chi connectivity index (χ3n) is 5.40. The van der Waals surface area contributed by atoms with Crippen LogP contribution in [0, 0.1) is 23.1 Å². The second-order valence-corrected chi connectivity index (χ2v) is 10.5. The van der Waals surface area contributed by atoms with E-state index in [1.165, 1.54) is 30.3 Å². The van der Waals surface area contributed by atoms with Gasteiger partial charge >= 0.3 is 0 Å². The van der Waals surface area contributed by atoms with Crippen molar-refractivity contribution in [2.24, 2.45) is 5.92 Å². The van der Waals surface area contributed by atoms with Crippen LogP contribution in [0.15, 0.2) is 54.6 Å². The summed E-state index contributed by atoms with van der Waals surface area (Å²) >= 11 is 31.1. The number of rotatable bonds is 5. The maximum absolute atomic E-state index is 14.2. The lowest BCUT2D eigenvalue weighted by atomic mass is 10.1. The molecule has 0 bridgehead atoms. The second-order valence-electron chi connectivity index (χ2n) is 7.78. The normalized spacial score (nSPS) is 17.9. The molecule has 3 aromatic rings. The van der Waals surface area contributed by atoms with Crippen LogP contribution in [-0.4, -0.2) is 16.1 Å². The van der Waals surface area contributed by atoms with Crippen LogP contribution in [0.1, 0.15) is 27.4 Å². The Morgan fingerprint density at radius 3 is 2.26 bits per heavy atom. The molecule has 2 N–H and O–H groups in total. The molecule has 4 rings (SSSR count). The van der Waals surface area contributed by atoms with Crippen LogP contribution in [0.4, 0.5) is 15.8 Å². The fraction of sp³-hybridized carbons (Fsp3) is 0.125. The highest BCUT2D eigenvalue weighted by molar-refractivity contribution is 6.53. The number of carbonyl (C=O) groups excluding carboxylic acids is 2. The van der Waals surface area contributed by atoms with Gasteiger partial charge in [-0.2, -0.15) is 5.26 Å². The molecule has 0 aliphatic heterocycles. The van der Waals surface area contributed by atoms with Crippen LogP contribution >= 0.6 is 58.0 Å². The van der Waals surface area contributed by atoms with Gasteiger partial charge in [-0.25, -0.2) is 4.39 Å². The summed E-state index contributed by atoms with van der Waals surface area (Å²) in [4.78, 5) is 25.5. The number of nitrogens with one attached hydrogen (secondary N) is 2. The third kappa shape index (κ3) is 5.35. The van der Waals surface area contributed by atoms with Gasteiger partial charge in [0, 0.05) is 21.7 Å². The van der Waals surface area contributed by atoms with Crippen LogP contribution in [0.5, 0.6) is 0 Å². The van der Waals surface area contributed by atoms with E-state index < -0.39 is 33.8 Å². The van der Waals surface area contributed by atoms with E-state index in [4.69, 9.17) is 63.3 Å². The highest BCUT2D eigenvalue weighted by Crippen LogP contribution is 2.65. The van der Waals surface area contributed by atoms with Crippen molar-refractivity contribution in [1.82, 2.24) is 0 Å². The van der Waals surface area contributed by atoms with Crippen LogP contribution in [0.2, 0.25) is 15.1 Å². The molecule has 0 heterocycles. The number of benzene rings is 3. The van der Waals surface area contributed by atoms with Crippen LogP contribution in [0.25, 0.3) is 0 Å². The Hall–Kier alpha value is -2.53. The van der Waals surface area contributed by atoms with Crippen molar-refractivity contribution < 1.29 is 14.0 Å². The Morgan fingerprint density at radius 1 is 0.943 bits per heavy atom. The smallest absolute Gasteiger partial charge is 0.258 e. The van der Waals surface area contributed by atoms with Gasteiger partial charge in [-0.05, 0) is 60.2 Å². The summed E-state index contributed by atoms with van der Waals surface area (Å²) in [6.45, 7) is 0. The van der Waals surface area contributed by atoms with Gasteiger partial charge in [-0.1, -0.05) is 34.8 Å². The minimum absolute atomic E-state index is 0.0786. The molecule has 178 valence electrons. The van der Waals surface area contributed by atoms with Crippen molar-refractivity contribution in [3.05, 3.63) is 92.2 Å². The molecular formula is C24H13Cl5FN3O2. The van der Waals surface area contributed by atoms with E-state index in [-0.39, 0.29) is 21.8 Å². The van der Waals surface area contributed by atoms with E-state index in [0.717, 1.165) is 6.07 Å². The van der Waals surface area contributed by atoms with Crippen LogP contribution < -0.4 is 10.6 Å². The van der Waals surface area contributed by atoms with E-state index >= 15 is 0 Å². The first kappa shape index (κ1) is 25.6. The molecule has 11 heteroatoms. The molecule has 5 nitrogen and oxygen atoms in total. The third-order valence-corrected chi connectivity index (χ3v) is 7.11. The van der Waals surface area contributed by atoms with E-state index in [1.54, 1.807) is 24.3 Å². The van der Waals surface area contributed by atoms with Crippen molar-refractivity contribution >= 4 is 81.2 Å². The molecule has 0 saturated heterocycles. The minimum Gasteiger partial charge on any atom is -0.326 e. The van der Waals surface area contributed by atoms with Crippen molar-refractivity contribution in [3.8, 4) is 6.07 Å². The largest absolute Gasteiger partial charge is 0.326 e. The van der Waals surface area contributed by atoms with Gasteiger partial charge in [0.25, 0.3) is 5.91 Å². The maximum atomic E-state index is 14.2. The zero-order valence-corrected chi connectivity index (χ0v) is 21.2. The van der Waals surface area contributed by atoms with Gasteiger partial charge in [-0.3, -0.25) is 9.59 Å². The average molecular weight is 572 g/mol. The topological polar surface area (TPSA) is 82.0 Å². The number of halogens is 6. The number of alkyl halides is 2. The summed E-state index contributed by atoms with van der Waals surface area (Å²) in [6, 6.07) is 14.5. The predicted molar refractivity (Wildman–Crippen MR) is 136 cm³/mol. The summed E-state index contributed by atoms with van der Waals surface area (Å²) in [5.74, 6) is -3.43. The Balaban J connectivity index is 1.51. The molecule has 35 heavy (non-hydrogen) atoms. The molecular weight excluding hydrogens is 559 g/mol. The summed E-state index contributed by atoms with van der Waals surface area (Å²) in [5, 5.41) is 15.0. The molecule has 0 aromatic heterocycles. The van der Waals surface area contributed by atoms with Gasteiger partial charge in [0.15, 0.2) is 0 Å². The van der Waals surface area contributed by atoms with E-state index in [1.807, 2.05) is 0 Å². The van der Waals surface area contributed by atoms with Crippen molar-refractivity contribution in [2.75, 3.05) is 10.6 Å². The minimum atomic E-state index is -1.37. The van der Waals surface area contributed by atoms with E-state index in [0.29, 0.717) is 21.3 Å². The highest BCUT2D eigenvalue weighted by atomic mass is 35.5. The first-order chi connectivity index (χ1) is 16.5. The van der Waals surface area contributed by atoms with Crippen LogP contribution in [0.3, 0.4) is 0 Å². The first-order valence-corrected chi connectivity index (χ1v) is 11.9. The second kappa shape index (κ2) is 9.85. The number of nitriles is 1. The molecule has 1 saturated carbocycles. The fourth-order valence-electron chi connectivity index (χ4n) is 3.70. The SMILES string of the molecule is N#Cc1ccc(C(=O)Nc2cc(NC(=O)C3C(c4cc(Cl)cc(Cl)c4)C3(Cl)Cl)ccc2Cl)c(F)c1. The molecule has 1 aliphatic carbocycles. The summed E-state index contributed by atoms with van der Waals surface area (Å²) < 4.78 is 12.8. The summed E-state index contributed by atoms with van der Waals surface area (Å²) in [6.07, 6.45) is 0.